The van der Waals surface area contributed by atoms with Crippen molar-refractivity contribution < 1.29 is 0 Å². The largest absolute Gasteiger partial charge is 0.0767 e. The van der Waals surface area contributed by atoms with E-state index in [-0.39, 0.29) is 18.9 Å². The number of hydrogen-bond acceptors (Lipinski definition) is 0. The van der Waals surface area contributed by atoms with Crippen LogP contribution < -0.4 is 0 Å². The fraction of sp³-hybridized carbons (Fsp3) is 0.273. The molecule has 1 radical (unpaired) electrons. The van der Waals surface area contributed by atoms with Gasteiger partial charge in [0.15, 0.2) is 0 Å². The number of aryl methyl sites for hydroxylation is 1. The topological polar surface area (TPSA) is 0 Å². The summed E-state index contributed by atoms with van der Waals surface area (Å²) in [5, 5.41) is 0. The van der Waals surface area contributed by atoms with Crippen LogP contribution in [0.15, 0.2) is 24.3 Å². The quantitative estimate of drug-likeness (QED) is 0.576. The van der Waals surface area contributed by atoms with Crippen LogP contribution in [-0.2, 0) is 0 Å². The first-order chi connectivity index (χ1) is 5.83. The Morgan fingerprint density at radius 1 is 1.38 bits per heavy atom. The van der Waals surface area contributed by atoms with Crippen molar-refractivity contribution in [1.82, 2.24) is 0 Å². The Hall–Kier alpha value is -0.226. The molecule has 1 aromatic rings. The first kappa shape index (κ1) is 10.9. The third kappa shape index (κ3) is 1.83. The molecule has 1 aromatic carbocycles. The maximum Gasteiger partial charge on any atom is 0.00397 e. The molecule has 0 fully saturated rings. The summed E-state index contributed by atoms with van der Waals surface area (Å²) in [5.74, 6) is 0.728. The van der Waals surface area contributed by atoms with Gasteiger partial charge in [-0.25, -0.2) is 0 Å². The minimum Gasteiger partial charge on any atom is -0.0767 e. The Morgan fingerprint density at radius 3 is 2.85 bits per heavy atom. The molecule has 0 spiro atoms. The van der Waals surface area contributed by atoms with Gasteiger partial charge in [-0.3, -0.25) is 0 Å². The zero-order valence-corrected chi connectivity index (χ0v) is 10.7. The molecular weight excluding hydrogens is 167 g/mol. The molecule has 0 nitrogen and oxygen atoms in total. The van der Waals surface area contributed by atoms with Crippen molar-refractivity contribution in [2.24, 2.45) is 0 Å². The van der Waals surface area contributed by atoms with E-state index in [1.165, 1.54) is 27.4 Å². The molecule has 0 N–H and O–H groups in total. The Labute approximate surface area is 95.0 Å². The molecule has 0 saturated heterocycles. The summed E-state index contributed by atoms with van der Waals surface area (Å²) in [6.45, 7) is 2.19. The van der Waals surface area contributed by atoms with Crippen LogP contribution in [0.4, 0.5) is 0 Å². The van der Waals surface area contributed by atoms with E-state index in [1.807, 2.05) is 0 Å². The van der Waals surface area contributed by atoms with E-state index < -0.39 is 0 Å². The Kier molecular flexibility index (Phi) is 3.61. The summed E-state index contributed by atoms with van der Waals surface area (Å²) < 4.78 is 0. The van der Waals surface area contributed by atoms with Crippen LogP contribution in [0.5, 0.6) is 0 Å². The zero-order chi connectivity index (χ0) is 8.55. The van der Waals surface area contributed by atoms with Gasteiger partial charge >= 0.3 is 0 Å². The fourth-order valence-electron chi connectivity index (χ4n) is 1.93. The standard InChI is InChI=1S/C11H14Si.Li/c1-8-3-2-4-11-9(7-12)5-6-10(8)11;/h2-6,9H,7H2,1,12H3;. The smallest absolute Gasteiger partial charge is 0.00397 e. The predicted octanol–water partition coefficient (Wildman–Crippen LogP) is 1.51. The maximum absolute atomic E-state index is 2.35. The van der Waals surface area contributed by atoms with Crippen LogP contribution in [0.25, 0.3) is 6.08 Å². The van der Waals surface area contributed by atoms with Gasteiger partial charge in [-0.2, -0.15) is 0 Å². The molecule has 1 aliphatic rings. The second-order valence-corrected chi connectivity index (χ2v) is 4.27. The van der Waals surface area contributed by atoms with E-state index >= 15 is 0 Å². The van der Waals surface area contributed by atoms with E-state index in [4.69, 9.17) is 0 Å². The Balaban J connectivity index is 0.000000845. The van der Waals surface area contributed by atoms with Crippen molar-refractivity contribution >= 4 is 35.2 Å². The van der Waals surface area contributed by atoms with Crippen LogP contribution in [-0.4, -0.2) is 29.1 Å². The van der Waals surface area contributed by atoms with Gasteiger partial charge in [-0.1, -0.05) is 36.4 Å². The number of benzene rings is 1. The second kappa shape index (κ2) is 4.33. The monoisotopic (exact) mass is 181 g/mol. The van der Waals surface area contributed by atoms with E-state index in [2.05, 4.69) is 37.3 Å². The first-order valence-corrected chi connectivity index (χ1v) is 6.02. The van der Waals surface area contributed by atoms with Crippen LogP contribution in [0, 0.1) is 6.92 Å². The Morgan fingerprint density at radius 2 is 2.15 bits per heavy atom. The van der Waals surface area contributed by atoms with Gasteiger partial charge in [0, 0.05) is 29.1 Å². The molecule has 0 bridgehead atoms. The molecule has 0 saturated carbocycles. The molecule has 2 heteroatoms. The third-order valence-electron chi connectivity index (χ3n) is 2.69. The summed E-state index contributed by atoms with van der Waals surface area (Å²) in [4.78, 5) is 0. The van der Waals surface area contributed by atoms with Gasteiger partial charge in [-0.15, -0.1) is 0 Å². The van der Waals surface area contributed by atoms with Crippen molar-refractivity contribution in [3.8, 4) is 0 Å². The van der Waals surface area contributed by atoms with Gasteiger partial charge < -0.3 is 0 Å². The molecule has 1 aliphatic carbocycles. The molecule has 1 atom stereocenters. The van der Waals surface area contributed by atoms with Gasteiger partial charge in [0.1, 0.15) is 0 Å². The summed E-state index contributed by atoms with van der Waals surface area (Å²) in [6, 6.07) is 7.99. The van der Waals surface area contributed by atoms with Crippen LogP contribution in [0.2, 0.25) is 6.04 Å². The molecule has 0 heterocycles. The minimum atomic E-state index is 0. The summed E-state index contributed by atoms with van der Waals surface area (Å²) in [7, 11) is 1.30. The van der Waals surface area contributed by atoms with Gasteiger partial charge in [0.25, 0.3) is 0 Å². The van der Waals surface area contributed by atoms with Crippen LogP contribution in [0.1, 0.15) is 22.6 Å². The number of rotatable bonds is 1. The van der Waals surface area contributed by atoms with Crippen molar-refractivity contribution in [1.29, 1.82) is 0 Å². The van der Waals surface area contributed by atoms with Gasteiger partial charge in [-0.05, 0) is 29.5 Å². The SMILES string of the molecule is Cc1cccc2c1C=CC2C[SiH3].[Li]. The van der Waals surface area contributed by atoms with Crippen molar-refractivity contribution in [2.45, 2.75) is 18.9 Å². The molecule has 2 rings (SSSR count). The molecule has 63 valence electrons. The minimum absolute atomic E-state index is 0. The van der Waals surface area contributed by atoms with E-state index in [0.29, 0.717) is 0 Å². The zero-order valence-electron chi connectivity index (χ0n) is 8.67. The molecule has 0 aliphatic heterocycles. The fourth-order valence-corrected chi connectivity index (χ4v) is 2.64. The summed E-state index contributed by atoms with van der Waals surface area (Å²) in [6.07, 6.45) is 4.64. The Bertz CT molecular complexity index is 331. The number of fused-ring (bicyclic) bond motifs is 1. The normalized spacial score (nSPS) is 18.4. The third-order valence-corrected chi connectivity index (χ3v) is 3.57. The maximum atomic E-state index is 2.35. The molecule has 13 heavy (non-hydrogen) atoms. The van der Waals surface area contributed by atoms with E-state index in [1.54, 1.807) is 5.56 Å². The van der Waals surface area contributed by atoms with Crippen LogP contribution >= 0.6 is 0 Å². The van der Waals surface area contributed by atoms with Crippen molar-refractivity contribution in [3.05, 3.63) is 41.0 Å². The molecule has 0 aromatic heterocycles. The van der Waals surface area contributed by atoms with Crippen LogP contribution in [0.3, 0.4) is 0 Å². The number of allylic oxidation sites excluding steroid dienone is 1. The number of hydrogen-bond donors (Lipinski definition) is 0. The van der Waals surface area contributed by atoms with E-state index in [0.717, 1.165) is 5.92 Å². The molecule has 0 amide bonds. The average molecular weight is 181 g/mol. The summed E-state index contributed by atoms with van der Waals surface area (Å²) >= 11 is 0. The van der Waals surface area contributed by atoms with Crippen molar-refractivity contribution in [3.63, 3.8) is 0 Å². The molecular formula is C11H14LiSi. The average Bonchev–Trinajstić information content (AvgIpc) is 2.49. The predicted molar refractivity (Wildman–Crippen MR) is 63.5 cm³/mol. The van der Waals surface area contributed by atoms with E-state index in [9.17, 15) is 0 Å². The van der Waals surface area contributed by atoms with Crippen molar-refractivity contribution in [2.75, 3.05) is 0 Å². The first-order valence-electron chi connectivity index (χ1n) is 4.60. The molecule has 1 unspecified atom stereocenters. The second-order valence-electron chi connectivity index (χ2n) is 3.45. The summed E-state index contributed by atoms with van der Waals surface area (Å²) in [5.41, 5.74) is 4.43. The van der Waals surface area contributed by atoms with Gasteiger partial charge in [0.2, 0.25) is 0 Å². The van der Waals surface area contributed by atoms with Gasteiger partial charge in [0.05, 0.1) is 0 Å².